The minimum atomic E-state index is -0.542. The molecule has 1 saturated heterocycles. The van der Waals surface area contributed by atoms with Gasteiger partial charge in [0.2, 0.25) is 0 Å². The predicted molar refractivity (Wildman–Crippen MR) is 71.6 cm³/mol. The van der Waals surface area contributed by atoms with Crippen LogP contribution in [0.5, 0.6) is 0 Å². The molecule has 1 aliphatic heterocycles. The fourth-order valence-corrected chi connectivity index (χ4v) is 3.04. The molecule has 4 heteroatoms. The van der Waals surface area contributed by atoms with Crippen molar-refractivity contribution >= 4 is 27.2 Å². The van der Waals surface area contributed by atoms with Crippen LogP contribution in [-0.2, 0) is 0 Å². The Kier molecular flexibility index (Phi) is 2.38. The second-order valence-corrected chi connectivity index (χ2v) is 6.03. The largest absolute Gasteiger partial charge is 0.386 e. The molecule has 2 aromatic rings. The molecule has 1 fully saturated rings. The molecule has 0 unspecified atom stereocenters. The first kappa shape index (κ1) is 11.0. The highest BCUT2D eigenvalue weighted by Crippen LogP contribution is 2.36. The van der Waals surface area contributed by atoms with Crippen molar-refractivity contribution in [3.63, 3.8) is 0 Å². The number of pyridine rings is 1. The van der Waals surface area contributed by atoms with E-state index in [0.717, 1.165) is 5.82 Å². The normalized spacial score (nSPS) is 18.7. The summed E-state index contributed by atoms with van der Waals surface area (Å²) >= 11 is 1.73. The first-order chi connectivity index (χ1) is 8.10. The zero-order valence-electron chi connectivity index (χ0n) is 10.1. The fourth-order valence-electron chi connectivity index (χ4n) is 2.26. The Morgan fingerprint density at radius 1 is 1.41 bits per heavy atom. The van der Waals surface area contributed by atoms with Crippen LogP contribution < -0.4 is 4.90 Å². The third kappa shape index (κ3) is 1.63. The van der Waals surface area contributed by atoms with Crippen LogP contribution in [0.4, 0.5) is 5.82 Å². The van der Waals surface area contributed by atoms with E-state index in [1.165, 1.54) is 10.1 Å². The quantitative estimate of drug-likeness (QED) is 0.887. The van der Waals surface area contributed by atoms with Gasteiger partial charge in [0.15, 0.2) is 0 Å². The van der Waals surface area contributed by atoms with Gasteiger partial charge < -0.3 is 10.0 Å². The first-order valence-electron chi connectivity index (χ1n) is 5.90. The van der Waals surface area contributed by atoms with Gasteiger partial charge in [-0.2, -0.15) is 0 Å². The van der Waals surface area contributed by atoms with Crippen molar-refractivity contribution in [3.8, 4) is 0 Å². The number of nitrogens with zero attached hydrogens (tertiary/aromatic N) is 2. The molecule has 1 aliphatic rings. The van der Waals surface area contributed by atoms with Crippen LogP contribution >= 0.6 is 11.3 Å². The third-order valence-corrected chi connectivity index (χ3v) is 4.54. The molecule has 0 aromatic carbocycles. The van der Waals surface area contributed by atoms with Crippen LogP contribution in [0.3, 0.4) is 0 Å². The molecule has 0 aliphatic carbocycles. The molecular formula is C13H16N2OS. The van der Waals surface area contributed by atoms with Crippen LogP contribution in [0, 0.1) is 5.92 Å². The number of rotatable bonds is 2. The molecule has 1 N–H and O–H groups in total. The summed E-state index contributed by atoms with van der Waals surface area (Å²) in [6, 6.07) is 4.15. The molecule has 90 valence electrons. The Morgan fingerprint density at radius 3 is 2.88 bits per heavy atom. The summed E-state index contributed by atoms with van der Waals surface area (Å²) in [6.45, 7) is 5.51. The predicted octanol–water partition coefficient (Wildman–Crippen LogP) is 2.50. The van der Waals surface area contributed by atoms with Gasteiger partial charge in [-0.25, -0.2) is 4.98 Å². The van der Waals surface area contributed by atoms with Gasteiger partial charge in [0.05, 0.1) is 13.1 Å². The maximum absolute atomic E-state index is 10.3. The number of hydrogen-bond donors (Lipinski definition) is 1. The topological polar surface area (TPSA) is 36.4 Å². The van der Waals surface area contributed by atoms with E-state index in [9.17, 15) is 5.11 Å². The lowest BCUT2D eigenvalue weighted by Crippen LogP contribution is -2.65. The van der Waals surface area contributed by atoms with Crippen molar-refractivity contribution in [2.45, 2.75) is 19.4 Å². The van der Waals surface area contributed by atoms with Crippen LogP contribution in [0.15, 0.2) is 23.7 Å². The van der Waals surface area contributed by atoms with Crippen molar-refractivity contribution in [2.75, 3.05) is 18.0 Å². The van der Waals surface area contributed by atoms with Crippen LogP contribution in [0.25, 0.3) is 10.1 Å². The number of anilines is 1. The van der Waals surface area contributed by atoms with Crippen molar-refractivity contribution in [1.82, 2.24) is 4.98 Å². The minimum absolute atomic E-state index is 0.292. The Labute approximate surface area is 105 Å². The van der Waals surface area contributed by atoms with Gasteiger partial charge >= 0.3 is 0 Å². The molecule has 0 bridgehead atoms. The number of thiophene rings is 1. The molecule has 3 nitrogen and oxygen atoms in total. The summed E-state index contributed by atoms with van der Waals surface area (Å²) in [5.74, 6) is 1.30. The molecule has 0 saturated carbocycles. The Balaban J connectivity index is 1.90. The Morgan fingerprint density at radius 2 is 2.18 bits per heavy atom. The van der Waals surface area contributed by atoms with Crippen molar-refractivity contribution in [2.24, 2.45) is 5.92 Å². The summed E-state index contributed by atoms with van der Waals surface area (Å²) < 4.78 is 1.26. The zero-order chi connectivity index (χ0) is 12.0. The second kappa shape index (κ2) is 3.68. The summed E-state index contributed by atoms with van der Waals surface area (Å²) in [5.41, 5.74) is -0.542. The van der Waals surface area contributed by atoms with Crippen LogP contribution in [0.1, 0.15) is 13.8 Å². The van der Waals surface area contributed by atoms with Gasteiger partial charge in [-0.05, 0) is 23.4 Å². The SMILES string of the molecule is CC(C)C1(O)CN(c2nccc3sccc23)C1. The lowest BCUT2D eigenvalue weighted by Gasteiger charge is -2.49. The molecule has 0 radical (unpaired) electrons. The van der Waals surface area contributed by atoms with E-state index in [1.807, 2.05) is 12.3 Å². The Bertz CT molecular complexity index is 543. The van der Waals surface area contributed by atoms with E-state index >= 15 is 0 Å². The highest BCUT2D eigenvalue weighted by atomic mass is 32.1. The highest BCUT2D eigenvalue weighted by molar-refractivity contribution is 7.17. The van der Waals surface area contributed by atoms with Crippen molar-refractivity contribution < 1.29 is 5.11 Å². The maximum atomic E-state index is 10.3. The van der Waals surface area contributed by atoms with Gasteiger partial charge in [0, 0.05) is 16.3 Å². The average molecular weight is 248 g/mol. The van der Waals surface area contributed by atoms with E-state index in [1.54, 1.807) is 11.3 Å². The summed E-state index contributed by atoms with van der Waals surface area (Å²) in [5, 5.41) is 13.6. The number of fused-ring (bicyclic) bond motifs is 1. The smallest absolute Gasteiger partial charge is 0.137 e. The van der Waals surface area contributed by atoms with Gasteiger partial charge in [0.1, 0.15) is 11.4 Å². The van der Waals surface area contributed by atoms with E-state index in [2.05, 4.69) is 35.2 Å². The van der Waals surface area contributed by atoms with E-state index < -0.39 is 5.60 Å². The molecule has 3 heterocycles. The van der Waals surface area contributed by atoms with E-state index in [-0.39, 0.29) is 0 Å². The monoisotopic (exact) mass is 248 g/mol. The van der Waals surface area contributed by atoms with E-state index in [4.69, 9.17) is 0 Å². The second-order valence-electron chi connectivity index (χ2n) is 5.08. The number of aliphatic hydroxyl groups is 1. The molecule has 17 heavy (non-hydrogen) atoms. The third-order valence-electron chi connectivity index (χ3n) is 3.66. The van der Waals surface area contributed by atoms with Crippen molar-refractivity contribution in [1.29, 1.82) is 0 Å². The maximum Gasteiger partial charge on any atom is 0.137 e. The van der Waals surface area contributed by atoms with Crippen LogP contribution in [0.2, 0.25) is 0 Å². The van der Waals surface area contributed by atoms with Gasteiger partial charge in [-0.1, -0.05) is 13.8 Å². The molecule has 2 aromatic heterocycles. The Hall–Kier alpha value is -1.13. The average Bonchev–Trinajstić information content (AvgIpc) is 2.72. The van der Waals surface area contributed by atoms with E-state index in [0.29, 0.717) is 19.0 Å². The lowest BCUT2D eigenvalue weighted by molar-refractivity contribution is -0.0302. The molecular weight excluding hydrogens is 232 g/mol. The minimum Gasteiger partial charge on any atom is -0.386 e. The van der Waals surface area contributed by atoms with Gasteiger partial charge in [-0.15, -0.1) is 11.3 Å². The molecule has 0 amide bonds. The molecule has 3 rings (SSSR count). The lowest BCUT2D eigenvalue weighted by atomic mass is 9.83. The number of aromatic nitrogens is 1. The molecule has 0 spiro atoms. The molecule has 0 atom stereocenters. The number of β-amino-alcohol motifs (C(OH)–C–C–N with tert-alkyl or cyclic N) is 1. The number of hydrogen-bond acceptors (Lipinski definition) is 4. The fraction of sp³-hybridized carbons (Fsp3) is 0.462. The van der Waals surface area contributed by atoms with Crippen molar-refractivity contribution in [3.05, 3.63) is 23.7 Å². The highest BCUT2D eigenvalue weighted by Gasteiger charge is 2.44. The zero-order valence-corrected chi connectivity index (χ0v) is 10.9. The van der Waals surface area contributed by atoms with Gasteiger partial charge in [-0.3, -0.25) is 0 Å². The summed E-state index contributed by atoms with van der Waals surface area (Å²) in [4.78, 5) is 6.61. The van der Waals surface area contributed by atoms with Gasteiger partial charge in [0.25, 0.3) is 0 Å². The van der Waals surface area contributed by atoms with Crippen LogP contribution in [-0.4, -0.2) is 28.8 Å². The summed E-state index contributed by atoms with van der Waals surface area (Å²) in [6.07, 6.45) is 1.85. The standard InChI is InChI=1S/C13H16N2OS/c1-9(2)13(16)7-15(8-13)12-10-4-6-17-11(10)3-5-14-12/h3-6,9,16H,7-8H2,1-2H3. The first-order valence-corrected chi connectivity index (χ1v) is 6.78. The summed E-state index contributed by atoms with van der Waals surface area (Å²) in [7, 11) is 0.